The van der Waals surface area contributed by atoms with Crippen molar-refractivity contribution in [2.75, 3.05) is 16.0 Å². The second-order valence-corrected chi connectivity index (χ2v) is 18.6. The smallest absolute Gasteiger partial charge is 0.339 e. The second kappa shape index (κ2) is 26.9. The number of anilines is 3. The van der Waals surface area contributed by atoms with Gasteiger partial charge in [0.05, 0.1) is 26.0 Å². The number of thiophene rings is 3. The molecule has 10 nitrogen and oxygen atoms in total. The second-order valence-electron chi connectivity index (χ2n) is 15.9. The quantitative estimate of drug-likeness (QED) is 0.0398. The lowest BCUT2D eigenvalue weighted by molar-refractivity contribution is 0.0699. The van der Waals surface area contributed by atoms with Gasteiger partial charge >= 0.3 is 5.97 Å². The van der Waals surface area contributed by atoms with Crippen LogP contribution >= 0.6 is 34.0 Å². The van der Waals surface area contributed by atoms with E-state index in [0.29, 0.717) is 10.6 Å². The molecule has 0 aliphatic heterocycles. The van der Waals surface area contributed by atoms with Crippen LogP contribution in [0.1, 0.15) is 85.2 Å². The lowest BCUT2D eigenvalue weighted by Crippen LogP contribution is -2.14. The zero-order chi connectivity index (χ0) is 54.1. The van der Waals surface area contributed by atoms with E-state index in [1.807, 2.05) is 119 Å². The van der Waals surface area contributed by atoms with Gasteiger partial charge in [-0.2, -0.15) is 0 Å². The van der Waals surface area contributed by atoms with Crippen LogP contribution < -0.4 is 21.3 Å². The van der Waals surface area contributed by atoms with Gasteiger partial charge < -0.3 is 36.5 Å². The number of halogens is 2. The van der Waals surface area contributed by atoms with Crippen molar-refractivity contribution in [1.29, 1.82) is 0 Å². The van der Waals surface area contributed by atoms with Gasteiger partial charge in [-0.05, 0) is 110 Å². The Morgan fingerprint density at radius 3 is 1.93 bits per heavy atom. The predicted molar refractivity (Wildman–Crippen MR) is 307 cm³/mol. The Hall–Kier alpha value is -8.37. The Balaban J connectivity index is 0.000000205. The molecule has 0 bridgehead atoms. The van der Waals surface area contributed by atoms with Crippen molar-refractivity contribution in [3.8, 4) is 10.4 Å². The number of allylic oxidation sites excluding steroid dienone is 4. The van der Waals surface area contributed by atoms with Gasteiger partial charge in [0, 0.05) is 72.9 Å². The topological polar surface area (TPSA) is 156 Å². The number of aliphatic hydroxyl groups is 1. The van der Waals surface area contributed by atoms with E-state index in [0.717, 1.165) is 77.3 Å². The number of nitrogens with one attached hydrogen (secondary N) is 5. The van der Waals surface area contributed by atoms with Crippen molar-refractivity contribution < 1.29 is 33.4 Å². The maximum atomic E-state index is 13.3. The minimum atomic E-state index is -1.15. The molecule has 74 heavy (non-hydrogen) atoms. The van der Waals surface area contributed by atoms with E-state index >= 15 is 0 Å². The molecular weight excluding hydrogens is 993 g/mol. The molecule has 4 aromatic heterocycles. The number of aliphatic hydroxyl groups excluding tert-OH is 1. The summed E-state index contributed by atoms with van der Waals surface area (Å²) in [6.45, 7) is 27.4. The molecule has 0 saturated heterocycles. The number of benzene rings is 4. The Morgan fingerprint density at radius 1 is 0.689 bits per heavy atom. The van der Waals surface area contributed by atoms with Gasteiger partial charge in [0.25, 0.3) is 11.8 Å². The number of aromatic carboxylic acids is 1. The Kier molecular flexibility index (Phi) is 20.6. The highest BCUT2D eigenvalue weighted by molar-refractivity contribution is 7.14. The van der Waals surface area contributed by atoms with E-state index < -0.39 is 23.5 Å². The molecule has 8 rings (SSSR count). The number of para-hydroxylation sites is 2. The molecule has 380 valence electrons. The number of hydrogen-bond donors (Lipinski definition) is 7. The summed E-state index contributed by atoms with van der Waals surface area (Å²) in [6.07, 6.45) is 7.46. The number of hydrogen-bond acceptors (Lipinski definition) is 9. The first-order valence-electron chi connectivity index (χ1n) is 23.0. The fourth-order valence-corrected chi connectivity index (χ4v) is 9.86. The van der Waals surface area contributed by atoms with Gasteiger partial charge in [-0.3, -0.25) is 9.59 Å². The average molecular weight is 1050 g/mol. The molecule has 0 fully saturated rings. The third-order valence-corrected chi connectivity index (χ3v) is 13.9. The zero-order valence-electron chi connectivity index (χ0n) is 41.8. The van der Waals surface area contributed by atoms with Crippen LogP contribution in [-0.4, -0.2) is 33.0 Å². The van der Waals surface area contributed by atoms with E-state index in [4.69, 9.17) is 0 Å². The number of aromatic nitrogens is 1. The molecule has 0 radical (unpaired) electrons. The minimum Gasteiger partial charge on any atom is -0.508 e. The molecule has 15 heteroatoms. The number of aryl methyl sites for hydroxylation is 2. The van der Waals surface area contributed by atoms with Crippen molar-refractivity contribution >= 4 is 96.9 Å². The number of carboxylic acid groups (broad SMARTS) is 1. The van der Waals surface area contributed by atoms with Crippen molar-refractivity contribution in [2.45, 2.75) is 41.5 Å². The highest BCUT2D eigenvalue weighted by Gasteiger charge is 2.23. The van der Waals surface area contributed by atoms with Gasteiger partial charge in [0.1, 0.15) is 23.0 Å². The van der Waals surface area contributed by atoms with E-state index in [2.05, 4.69) is 52.6 Å². The van der Waals surface area contributed by atoms with Crippen LogP contribution in [0.15, 0.2) is 181 Å². The Morgan fingerprint density at radius 2 is 1.32 bits per heavy atom. The summed E-state index contributed by atoms with van der Waals surface area (Å²) in [5.41, 5.74) is 10.2. The van der Waals surface area contributed by atoms with E-state index in [-0.39, 0.29) is 34.0 Å². The zero-order valence-corrected chi connectivity index (χ0v) is 44.2. The number of H-pyrrole nitrogens is 1. The fourth-order valence-electron chi connectivity index (χ4n) is 7.07. The van der Waals surface area contributed by atoms with Crippen molar-refractivity contribution in [3.63, 3.8) is 0 Å². The third kappa shape index (κ3) is 14.6. The molecule has 4 heterocycles. The number of carbonyl (C=O) groups excluding carboxylic acids is 2. The summed E-state index contributed by atoms with van der Waals surface area (Å²) >= 11 is 4.24. The summed E-state index contributed by atoms with van der Waals surface area (Å²) in [5, 5.41) is 37.6. The van der Waals surface area contributed by atoms with Crippen molar-refractivity contribution in [1.82, 2.24) is 10.3 Å². The minimum absolute atomic E-state index is 0.00880. The molecule has 0 atom stereocenters. The van der Waals surface area contributed by atoms with Crippen LogP contribution in [0.25, 0.3) is 38.5 Å². The van der Waals surface area contributed by atoms with E-state index in [1.165, 1.54) is 70.4 Å². The van der Waals surface area contributed by atoms with Crippen LogP contribution in [0.3, 0.4) is 0 Å². The Labute approximate surface area is 442 Å². The first-order chi connectivity index (χ1) is 35.5. The molecule has 4 aromatic carbocycles. The van der Waals surface area contributed by atoms with Gasteiger partial charge in [-0.25, -0.2) is 13.6 Å². The summed E-state index contributed by atoms with van der Waals surface area (Å²) in [6, 6.07) is 28.2. The summed E-state index contributed by atoms with van der Waals surface area (Å²) in [7, 11) is 0. The first-order valence-corrected chi connectivity index (χ1v) is 25.7. The highest BCUT2D eigenvalue weighted by atomic mass is 32.1. The van der Waals surface area contributed by atoms with Crippen LogP contribution in [-0.2, 0) is 0 Å². The fraction of sp³-hybridized carbons (Fsp3) is 0.102. The molecule has 0 aliphatic carbocycles. The number of aromatic amines is 1. The molecule has 0 spiro atoms. The highest BCUT2D eigenvalue weighted by Crippen LogP contribution is 2.40. The van der Waals surface area contributed by atoms with E-state index in [1.54, 1.807) is 23.7 Å². The van der Waals surface area contributed by atoms with Crippen LogP contribution in [0.4, 0.5) is 25.8 Å². The number of fused-ring (bicyclic) bond motifs is 1. The standard InChI is InChI=1S/C20H13FN2O3S.C20H17FN2OS.C17H21NOS.C2H6/c21-12-5-3-4-11(8-12)19(24)23-16-10-27-18(17(16)20(25)26)14-9-22-15-7-2-1-6-13(14)15;1-13-6-3-4-9-18(13)22-14(2)19-11-17(12-25-19)23-20(24)15-7-5-8-16(21)10-15;1-7-9-15(11(3)8-2)18-13(5)17-16(14(6)19)12(4)10-20-17;1-2/h1-10,22H,(H,23,24)(H,25,26);3-12,22H,2H2,1H3,(H,23,24);7-10,18-19H,2,5-6H2,1,3-4H3;1-2H3/b;;9-7-,15-11+;. The maximum absolute atomic E-state index is 13.3. The molecule has 0 aliphatic rings. The van der Waals surface area contributed by atoms with Crippen molar-refractivity contribution in [2.24, 2.45) is 0 Å². The van der Waals surface area contributed by atoms with Crippen LogP contribution in [0.2, 0.25) is 0 Å². The molecule has 0 saturated carbocycles. The number of amides is 2. The normalized spacial score (nSPS) is 10.8. The molecular formula is C59H57F2N5O5S3. The molecule has 7 N–H and O–H groups in total. The summed E-state index contributed by atoms with van der Waals surface area (Å²) in [5.74, 6) is -2.97. The van der Waals surface area contributed by atoms with E-state index in [9.17, 15) is 33.4 Å². The lowest BCUT2D eigenvalue weighted by Gasteiger charge is -2.13. The monoisotopic (exact) mass is 1050 g/mol. The van der Waals surface area contributed by atoms with Gasteiger partial charge in [-0.15, -0.1) is 34.0 Å². The summed E-state index contributed by atoms with van der Waals surface area (Å²) < 4.78 is 26.6. The Bertz CT molecular complexity index is 3410. The average Bonchev–Trinajstić information content (AvgIpc) is 4.22. The lowest BCUT2D eigenvalue weighted by atomic mass is 10.1. The SMILES string of the molecule is C=C(Nc1ccccc1C)c1cc(NC(=O)c2cccc(F)c2)cs1.C=C/C(C)=C(\C=C/C)NC(=C)c1scc(C)c1C(=C)O.CC.O=C(Nc1csc(-c2c[nH]c3ccccc23)c1C(=O)O)c1cccc(F)c1. The largest absolute Gasteiger partial charge is 0.508 e. The number of carboxylic acids is 1. The van der Waals surface area contributed by atoms with Crippen LogP contribution in [0.5, 0.6) is 0 Å². The number of carbonyl (C=O) groups is 3. The molecule has 8 aromatic rings. The first kappa shape index (κ1) is 56.5. The summed E-state index contributed by atoms with van der Waals surface area (Å²) in [4.78, 5) is 41.9. The predicted octanol–water partition coefficient (Wildman–Crippen LogP) is 16.7. The molecule has 2 amide bonds. The maximum Gasteiger partial charge on any atom is 0.339 e. The van der Waals surface area contributed by atoms with Crippen LogP contribution in [0, 0.1) is 25.5 Å². The number of rotatable bonds is 15. The van der Waals surface area contributed by atoms with Crippen molar-refractivity contribution in [3.05, 3.63) is 236 Å². The van der Waals surface area contributed by atoms with Gasteiger partial charge in [0.15, 0.2) is 0 Å². The third-order valence-electron chi connectivity index (χ3n) is 10.7. The van der Waals surface area contributed by atoms with Gasteiger partial charge in [0.2, 0.25) is 0 Å². The molecule has 0 unspecified atom stereocenters. The van der Waals surface area contributed by atoms with Gasteiger partial charge in [-0.1, -0.05) is 101 Å².